The minimum Gasteiger partial charge on any atom is -0.282 e. The molecule has 0 heterocycles. The van der Waals surface area contributed by atoms with Crippen LogP contribution in [0, 0.1) is 0 Å². The van der Waals surface area contributed by atoms with Gasteiger partial charge in [0.1, 0.15) is 0 Å². The number of benzene rings is 1. The van der Waals surface area contributed by atoms with Gasteiger partial charge >= 0.3 is 0 Å². The van der Waals surface area contributed by atoms with Crippen molar-refractivity contribution in [1.29, 1.82) is 0 Å². The summed E-state index contributed by atoms with van der Waals surface area (Å²) in [5.74, 6) is 0. The van der Waals surface area contributed by atoms with E-state index in [4.69, 9.17) is 4.55 Å². The highest BCUT2D eigenvalue weighted by Gasteiger charge is 2.07. The third-order valence-electron chi connectivity index (χ3n) is 1.55. The molecule has 5 nitrogen and oxygen atoms in total. The van der Waals surface area contributed by atoms with E-state index < -0.39 is 10.1 Å². The van der Waals surface area contributed by atoms with Crippen LogP contribution in [0.4, 0.5) is 0 Å². The van der Waals surface area contributed by atoms with Crippen LogP contribution in [0.5, 0.6) is 0 Å². The van der Waals surface area contributed by atoms with Gasteiger partial charge < -0.3 is 0 Å². The highest BCUT2D eigenvalue weighted by molar-refractivity contribution is 7.85. The van der Waals surface area contributed by atoms with Crippen LogP contribution in [0.3, 0.4) is 0 Å². The van der Waals surface area contributed by atoms with Crippen molar-refractivity contribution in [2.45, 2.75) is 11.4 Å². The van der Waals surface area contributed by atoms with Crippen LogP contribution in [0.25, 0.3) is 0 Å². The van der Waals surface area contributed by atoms with Gasteiger partial charge in [-0.1, -0.05) is 12.1 Å². The van der Waals surface area contributed by atoms with Crippen molar-refractivity contribution in [3.63, 3.8) is 0 Å². The fraction of sp³-hybridized carbons (Fsp3) is 0.125. The number of isocyanates is 1. The van der Waals surface area contributed by atoms with Gasteiger partial charge in [0.2, 0.25) is 6.08 Å². The smallest absolute Gasteiger partial charge is 0.282 e. The molecule has 6 heteroatoms. The van der Waals surface area contributed by atoms with Crippen molar-refractivity contribution >= 4 is 16.2 Å². The Kier molecular flexibility index (Phi) is 3.14. The molecule has 0 atom stereocenters. The lowest BCUT2D eigenvalue weighted by molar-refractivity contribution is 0.483. The molecule has 0 aromatic heterocycles. The molecule has 0 bridgehead atoms. The van der Waals surface area contributed by atoms with Crippen molar-refractivity contribution in [3.8, 4) is 0 Å². The topological polar surface area (TPSA) is 83.8 Å². The minimum atomic E-state index is -4.15. The zero-order chi connectivity index (χ0) is 10.6. The molecule has 0 fully saturated rings. The summed E-state index contributed by atoms with van der Waals surface area (Å²) in [4.78, 5) is 12.9. The van der Waals surface area contributed by atoms with Crippen LogP contribution in [0.15, 0.2) is 34.2 Å². The maximum Gasteiger partial charge on any atom is 0.294 e. The predicted octanol–water partition coefficient (Wildman–Crippen LogP) is 0.769. The molecule has 0 unspecified atom stereocenters. The molecule has 1 aromatic rings. The summed E-state index contributed by atoms with van der Waals surface area (Å²) in [6.07, 6.45) is 1.37. The first-order valence-corrected chi connectivity index (χ1v) is 5.08. The van der Waals surface area contributed by atoms with E-state index in [1.54, 1.807) is 0 Å². The summed E-state index contributed by atoms with van der Waals surface area (Å²) in [5.41, 5.74) is 0.667. The molecule has 1 N–H and O–H groups in total. The SMILES string of the molecule is O=C=NCc1ccc(S(=O)(=O)O)cc1. The Morgan fingerprint density at radius 1 is 1.29 bits per heavy atom. The fourth-order valence-electron chi connectivity index (χ4n) is 0.890. The van der Waals surface area contributed by atoms with Gasteiger partial charge in [-0.25, -0.2) is 9.79 Å². The molecule has 0 amide bonds. The highest BCUT2D eigenvalue weighted by atomic mass is 32.2. The second kappa shape index (κ2) is 4.15. The predicted molar refractivity (Wildman–Crippen MR) is 48.1 cm³/mol. The van der Waals surface area contributed by atoms with Crippen molar-refractivity contribution < 1.29 is 17.8 Å². The van der Waals surface area contributed by atoms with E-state index in [0.29, 0.717) is 5.56 Å². The Labute approximate surface area is 80.8 Å². The molecule has 0 aliphatic rings. The minimum absolute atomic E-state index is 0.148. The van der Waals surface area contributed by atoms with E-state index in [2.05, 4.69) is 4.99 Å². The zero-order valence-corrected chi connectivity index (χ0v) is 7.86. The first-order valence-electron chi connectivity index (χ1n) is 3.64. The van der Waals surface area contributed by atoms with E-state index in [1.165, 1.54) is 30.3 Å². The van der Waals surface area contributed by atoms with E-state index in [1.807, 2.05) is 0 Å². The lowest BCUT2D eigenvalue weighted by Crippen LogP contribution is -1.97. The fourth-order valence-corrected chi connectivity index (χ4v) is 1.37. The Bertz CT molecular complexity index is 457. The molecule has 1 aromatic carbocycles. The lowest BCUT2D eigenvalue weighted by Gasteiger charge is -1.97. The van der Waals surface area contributed by atoms with Crippen molar-refractivity contribution in [2.75, 3.05) is 0 Å². The molecule has 0 aliphatic heterocycles. The number of aliphatic imine (C=N–C) groups is 1. The third-order valence-corrected chi connectivity index (χ3v) is 2.42. The summed E-state index contributed by atoms with van der Waals surface area (Å²) in [5, 5.41) is 0. The van der Waals surface area contributed by atoms with Gasteiger partial charge in [0, 0.05) is 0 Å². The second-order valence-electron chi connectivity index (χ2n) is 2.53. The van der Waals surface area contributed by atoms with Gasteiger partial charge in [-0.3, -0.25) is 4.55 Å². The molecular weight excluding hydrogens is 206 g/mol. The Morgan fingerprint density at radius 3 is 2.29 bits per heavy atom. The van der Waals surface area contributed by atoms with Crippen molar-refractivity contribution in [2.24, 2.45) is 4.99 Å². The van der Waals surface area contributed by atoms with Crippen molar-refractivity contribution in [1.82, 2.24) is 0 Å². The first kappa shape index (κ1) is 10.6. The van der Waals surface area contributed by atoms with E-state index in [0.717, 1.165) is 0 Å². The maximum atomic E-state index is 10.6. The molecule has 0 spiro atoms. The Morgan fingerprint density at radius 2 is 1.86 bits per heavy atom. The Balaban J connectivity index is 2.95. The van der Waals surface area contributed by atoms with Crippen LogP contribution >= 0.6 is 0 Å². The lowest BCUT2D eigenvalue weighted by atomic mass is 10.2. The number of hydrogen-bond acceptors (Lipinski definition) is 4. The summed E-state index contributed by atoms with van der Waals surface area (Å²) in [7, 11) is -4.15. The van der Waals surface area contributed by atoms with Crippen LogP contribution in [-0.4, -0.2) is 19.1 Å². The van der Waals surface area contributed by atoms with E-state index in [9.17, 15) is 13.2 Å². The summed E-state index contributed by atoms with van der Waals surface area (Å²) in [6, 6.07) is 5.41. The molecule has 14 heavy (non-hydrogen) atoms. The zero-order valence-electron chi connectivity index (χ0n) is 7.04. The first-order chi connectivity index (χ1) is 6.54. The van der Waals surface area contributed by atoms with Gasteiger partial charge in [0.05, 0.1) is 11.4 Å². The molecular formula is C8H7NO4S. The monoisotopic (exact) mass is 213 g/mol. The molecule has 74 valence electrons. The molecule has 0 aliphatic carbocycles. The number of nitrogens with zero attached hydrogens (tertiary/aromatic N) is 1. The Hall–Kier alpha value is -1.49. The van der Waals surface area contributed by atoms with E-state index >= 15 is 0 Å². The summed E-state index contributed by atoms with van der Waals surface area (Å²) < 4.78 is 29.9. The van der Waals surface area contributed by atoms with Crippen LogP contribution in [0.1, 0.15) is 5.56 Å². The highest BCUT2D eigenvalue weighted by Crippen LogP contribution is 2.10. The largest absolute Gasteiger partial charge is 0.294 e. The molecule has 0 saturated carbocycles. The normalized spacial score (nSPS) is 10.6. The summed E-state index contributed by atoms with van der Waals surface area (Å²) in [6.45, 7) is 0.148. The number of carbonyl (C=O) groups excluding carboxylic acids is 1. The van der Waals surface area contributed by atoms with Gasteiger partial charge in [-0.2, -0.15) is 8.42 Å². The van der Waals surface area contributed by atoms with Gasteiger partial charge in [0.25, 0.3) is 10.1 Å². The van der Waals surface area contributed by atoms with Gasteiger partial charge in [-0.05, 0) is 17.7 Å². The molecule has 0 saturated heterocycles. The second-order valence-corrected chi connectivity index (χ2v) is 3.95. The third kappa shape index (κ3) is 2.77. The van der Waals surface area contributed by atoms with Crippen LogP contribution in [-0.2, 0) is 21.5 Å². The number of rotatable bonds is 3. The average molecular weight is 213 g/mol. The number of hydrogen-bond donors (Lipinski definition) is 1. The molecule has 1 rings (SSSR count). The molecule has 0 radical (unpaired) electrons. The quantitative estimate of drug-likeness (QED) is 0.456. The van der Waals surface area contributed by atoms with Gasteiger partial charge in [0.15, 0.2) is 0 Å². The van der Waals surface area contributed by atoms with Crippen molar-refractivity contribution in [3.05, 3.63) is 29.8 Å². The standard InChI is InChI=1S/C8H7NO4S/c10-6-9-5-7-1-3-8(4-2-7)14(11,12)13/h1-4H,5H2,(H,11,12,13). The average Bonchev–Trinajstić information content (AvgIpc) is 2.14. The maximum absolute atomic E-state index is 10.6. The van der Waals surface area contributed by atoms with Gasteiger partial charge in [-0.15, -0.1) is 0 Å². The summed E-state index contributed by atoms with van der Waals surface area (Å²) >= 11 is 0. The van der Waals surface area contributed by atoms with Crippen LogP contribution in [0.2, 0.25) is 0 Å². The van der Waals surface area contributed by atoms with E-state index in [-0.39, 0.29) is 11.4 Å². The van der Waals surface area contributed by atoms with Crippen LogP contribution < -0.4 is 0 Å².